The maximum absolute atomic E-state index is 13.2. The Morgan fingerprint density at radius 3 is 2.16 bits per heavy atom. The number of urea groups is 1. The van der Waals surface area contributed by atoms with E-state index in [2.05, 4.69) is 77.1 Å². The van der Waals surface area contributed by atoms with Gasteiger partial charge in [0.1, 0.15) is 0 Å². The summed E-state index contributed by atoms with van der Waals surface area (Å²) in [5.41, 5.74) is 6.35. The van der Waals surface area contributed by atoms with Gasteiger partial charge in [-0.2, -0.15) is 0 Å². The predicted octanol–water partition coefficient (Wildman–Crippen LogP) is 7.89. The monoisotopic (exact) mass is 663 g/mol. The summed E-state index contributed by atoms with van der Waals surface area (Å²) in [5, 5.41) is 16.3. The first-order valence-corrected chi connectivity index (χ1v) is 18.9. The SMILES string of the molecule is C[C@H]1[C@@H](CN2CCCCC2)O[C@@H](c2ccc(-c3ccccc3CNC(=O)NC34CC5CC(CC(C5)C3)C4)cc2)O[C@H]1c1ccc(CO)cc1. The molecule has 49 heavy (non-hydrogen) atoms. The lowest BCUT2D eigenvalue weighted by atomic mass is 9.53. The average molecular weight is 664 g/mol. The van der Waals surface area contributed by atoms with E-state index < -0.39 is 6.29 Å². The number of hydrogen-bond donors (Lipinski definition) is 3. The number of nitrogens with zero attached hydrogens (tertiary/aromatic N) is 1. The molecule has 2 amide bonds. The predicted molar refractivity (Wildman–Crippen MR) is 191 cm³/mol. The zero-order valence-electron chi connectivity index (χ0n) is 29.0. The van der Waals surface area contributed by atoms with Gasteiger partial charge >= 0.3 is 6.03 Å². The lowest BCUT2D eigenvalue weighted by Gasteiger charge is -2.56. The van der Waals surface area contributed by atoms with Crippen LogP contribution in [0.2, 0.25) is 0 Å². The van der Waals surface area contributed by atoms with E-state index in [9.17, 15) is 9.90 Å². The van der Waals surface area contributed by atoms with Crippen LogP contribution in [0.15, 0.2) is 72.8 Å². The van der Waals surface area contributed by atoms with E-state index in [1.807, 2.05) is 18.2 Å². The molecule has 3 aromatic rings. The second-order valence-electron chi connectivity index (χ2n) is 16.0. The second kappa shape index (κ2) is 14.2. The summed E-state index contributed by atoms with van der Waals surface area (Å²) >= 11 is 0. The fourth-order valence-electron chi connectivity index (χ4n) is 10.2. The average Bonchev–Trinajstić information content (AvgIpc) is 3.11. The molecule has 2 heterocycles. The molecule has 3 aromatic carbocycles. The lowest BCUT2D eigenvalue weighted by molar-refractivity contribution is -0.276. The summed E-state index contributed by atoms with van der Waals surface area (Å²) in [6, 6.07) is 25.0. The van der Waals surface area contributed by atoms with Crippen LogP contribution in [0, 0.1) is 23.7 Å². The zero-order chi connectivity index (χ0) is 33.4. The van der Waals surface area contributed by atoms with Gasteiger partial charge in [0.2, 0.25) is 0 Å². The van der Waals surface area contributed by atoms with E-state index in [1.54, 1.807) is 0 Å². The van der Waals surface area contributed by atoms with Crippen LogP contribution in [0.4, 0.5) is 4.79 Å². The van der Waals surface area contributed by atoms with Crippen LogP contribution in [0.5, 0.6) is 0 Å². The van der Waals surface area contributed by atoms with Crippen molar-refractivity contribution in [2.24, 2.45) is 23.7 Å². The number of hydrogen-bond acceptors (Lipinski definition) is 5. The van der Waals surface area contributed by atoms with Gasteiger partial charge in [-0.25, -0.2) is 4.79 Å². The number of rotatable bonds is 9. The van der Waals surface area contributed by atoms with Gasteiger partial charge < -0.3 is 30.1 Å². The van der Waals surface area contributed by atoms with Crippen LogP contribution in [0.25, 0.3) is 11.1 Å². The number of benzene rings is 3. The molecule has 6 aliphatic rings. The normalized spacial score (nSPS) is 32.6. The van der Waals surface area contributed by atoms with Crippen LogP contribution in [-0.4, -0.2) is 47.3 Å². The number of likely N-dealkylation sites (tertiary alicyclic amines) is 1. The third-order valence-corrected chi connectivity index (χ3v) is 12.4. The molecule has 6 fully saturated rings. The number of aliphatic hydroxyl groups excluding tert-OH is 1. The van der Waals surface area contributed by atoms with Crippen molar-refractivity contribution in [3.63, 3.8) is 0 Å². The van der Waals surface area contributed by atoms with Crippen molar-refractivity contribution >= 4 is 6.03 Å². The van der Waals surface area contributed by atoms with Gasteiger partial charge in [-0.15, -0.1) is 0 Å². The van der Waals surface area contributed by atoms with Crippen LogP contribution in [0.3, 0.4) is 0 Å². The highest BCUT2D eigenvalue weighted by atomic mass is 16.7. The molecule has 0 aromatic heterocycles. The molecule has 4 atom stereocenters. The fourth-order valence-corrected chi connectivity index (χ4v) is 10.2. The van der Waals surface area contributed by atoms with Gasteiger partial charge in [-0.1, -0.05) is 86.1 Å². The number of piperidine rings is 1. The highest BCUT2D eigenvalue weighted by molar-refractivity contribution is 5.76. The number of carbonyl (C=O) groups excluding carboxylic acids is 1. The van der Waals surface area contributed by atoms with Crippen molar-refractivity contribution < 1.29 is 19.4 Å². The number of ether oxygens (including phenoxy) is 2. The largest absolute Gasteiger partial charge is 0.392 e. The molecule has 9 rings (SSSR count). The number of aliphatic hydroxyl groups is 1. The highest BCUT2D eigenvalue weighted by Gasteiger charge is 2.51. The Morgan fingerprint density at radius 2 is 1.49 bits per heavy atom. The summed E-state index contributed by atoms with van der Waals surface area (Å²) < 4.78 is 13.5. The first kappa shape index (κ1) is 32.9. The van der Waals surface area contributed by atoms with Crippen molar-refractivity contribution in [1.82, 2.24) is 15.5 Å². The quantitative estimate of drug-likeness (QED) is 0.217. The molecule has 2 saturated heterocycles. The van der Waals surface area contributed by atoms with E-state index in [0.29, 0.717) is 6.54 Å². The van der Waals surface area contributed by atoms with Gasteiger partial charge in [0.25, 0.3) is 0 Å². The first-order chi connectivity index (χ1) is 23.9. The molecule has 3 N–H and O–H groups in total. The van der Waals surface area contributed by atoms with Crippen LogP contribution in [0.1, 0.15) is 99.4 Å². The van der Waals surface area contributed by atoms with Crippen LogP contribution < -0.4 is 10.6 Å². The van der Waals surface area contributed by atoms with Crippen molar-refractivity contribution in [1.29, 1.82) is 0 Å². The summed E-state index contributed by atoms with van der Waals surface area (Å²) in [6.07, 6.45) is 10.8. The van der Waals surface area contributed by atoms with Crippen LogP contribution >= 0.6 is 0 Å². The Balaban J connectivity index is 0.960. The molecule has 7 heteroatoms. The van der Waals surface area contributed by atoms with Crippen molar-refractivity contribution in [2.75, 3.05) is 19.6 Å². The second-order valence-corrected chi connectivity index (χ2v) is 16.0. The van der Waals surface area contributed by atoms with E-state index in [-0.39, 0.29) is 36.3 Å². The minimum absolute atomic E-state index is 0.00388. The standard InChI is InChI=1S/C42H53N3O4/c1-28-38(26-45-17-5-2-6-18-45)48-40(49-39(28)34-11-9-29(27-46)10-12-34)35-15-13-33(14-16-35)37-8-4-3-7-36(37)25-43-41(47)44-42-22-30-19-31(23-42)21-32(20-30)24-42/h3-4,7-16,28,30-32,38-40,46H,2,5-6,17-27H2,1H3,(H2,43,44,47)/t28-,30?,31?,32?,38+,39+,40+,42?/m0/s1. The fraction of sp³-hybridized carbons (Fsp3) is 0.548. The molecular weight excluding hydrogens is 610 g/mol. The smallest absolute Gasteiger partial charge is 0.315 e. The Labute approximate surface area is 291 Å². The van der Waals surface area contributed by atoms with Gasteiger partial charge in [0.15, 0.2) is 6.29 Å². The molecule has 4 bridgehead atoms. The molecule has 2 aliphatic heterocycles. The van der Waals surface area contributed by atoms with Crippen molar-refractivity contribution in [2.45, 2.75) is 102 Å². The first-order valence-electron chi connectivity index (χ1n) is 18.9. The van der Waals surface area contributed by atoms with E-state index in [4.69, 9.17) is 9.47 Å². The van der Waals surface area contributed by atoms with E-state index in [1.165, 1.54) is 38.5 Å². The summed E-state index contributed by atoms with van der Waals surface area (Å²) in [4.78, 5) is 15.8. The van der Waals surface area contributed by atoms with Gasteiger partial charge in [-0.05, 0) is 110 Å². The number of carbonyl (C=O) groups is 1. The van der Waals surface area contributed by atoms with Crippen molar-refractivity contribution in [3.8, 4) is 11.1 Å². The Hall–Kier alpha value is -3.23. The highest BCUT2D eigenvalue weighted by Crippen LogP contribution is 2.55. The lowest BCUT2D eigenvalue weighted by Crippen LogP contribution is -2.61. The summed E-state index contributed by atoms with van der Waals surface area (Å²) in [6.45, 7) is 5.92. The molecule has 0 spiro atoms. The van der Waals surface area contributed by atoms with Crippen LogP contribution in [-0.2, 0) is 22.6 Å². The van der Waals surface area contributed by atoms with Gasteiger partial charge in [0.05, 0.1) is 18.8 Å². The third kappa shape index (κ3) is 7.18. The molecule has 4 saturated carbocycles. The molecule has 4 aliphatic carbocycles. The van der Waals surface area contributed by atoms with E-state index in [0.717, 1.165) is 90.0 Å². The van der Waals surface area contributed by atoms with Gasteiger partial charge in [0, 0.05) is 30.1 Å². The number of amides is 2. The van der Waals surface area contributed by atoms with Crippen molar-refractivity contribution in [3.05, 3.63) is 95.1 Å². The molecule has 0 radical (unpaired) electrons. The summed E-state index contributed by atoms with van der Waals surface area (Å²) in [5.74, 6) is 2.57. The topological polar surface area (TPSA) is 83.1 Å². The minimum Gasteiger partial charge on any atom is -0.392 e. The Bertz CT molecular complexity index is 1550. The minimum atomic E-state index is -0.479. The molecular formula is C42H53N3O4. The molecule has 7 nitrogen and oxygen atoms in total. The zero-order valence-corrected chi connectivity index (χ0v) is 29.0. The Kier molecular flexibility index (Phi) is 9.53. The molecule has 260 valence electrons. The third-order valence-electron chi connectivity index (χ3n) is 12.4. The molecule has 0 unspecified atom stereocenters. The van der Waals surface area contributed by atoms with Gasteiger partial charge in [-0.3, -0.25) is 0 Å². The maximum atomic E-state index is 13.2. The number of nitrogens with one attached hydrogen (secondary N) is 2. The maximum Gasteiger partial charge on any atom is 0.315 e. The summed E-state index contributed by atoms with van der Waals surface area (Å²) in [7, 11) is 0. The van der Waals surface area contributed by atoms with E-state index >= 15 is 0 Å². The Morgan fingerprint density at radius 1 is 0.837 bits per heavy atom.